The molecule has 2 N–H and O–H groups in total. The molecule has 2 aliphatic heterocycles. The summed E-state index contributed by atoms with van der Waals surface area (Å²) >= 11 is 0. The van der Waals surface area contributed by atoms with Crippen LogP contribution in [0.15, 0.2) is 78.0 Å². The fraction of sp³-hybridized carbons (Fsp3) is 0.280. The van der Waals surface area contributed by atoms with Crippen molar-refractivity contribution in [2.24, 2.45) is 0 Å². The van der Waals surface area contributed by atoms with Crippen LogP contribution in [0.4, 0.5) is 4.79 Å². The standard InChI is InChI=1S/C25H27N3O3/c1-2-31-24(29)22-21(26-25(30)27-23(22)20-11-7-4-8-12-20)17-28-15-13-19(14-16-28)18-9-5-3-6-10-18/h3-13,23H,2,14-17H2,1H3,(H2,26,27,30). The fourth-order valence-corrected chi connectivity index (χ4v) is 4.08. The Morgan fingerprint density at radius 3 is 2.45 bits per heavy atom. The first-order valence-corrected chi connectivity index (χ1v) is 10.6. The lowest BCUT2D eigenvalue weighted by Crippen LogP contribution is -2.48. The molecule has 6 nitrogen and oxygen atoms in total. The largest absolute Gasteiger partial charge is 0.463 e. The van der Waals surface area contributed by atoms with Crippen molar-refractivity contribution >= 4 is 17.6 Å². The quantitative estimate of drug-likeness (QED) is 0.704. The molecule has 2 amide bonds. The van der Waals surface area contributed by atoms with Crippen LogP contribution in [0.25, 0.3) is 5.57 Å². The molecule has 0 saturated heterocycles. The van der Waals surface area contributed by atoms with E-state index >= 15 is 0 Å². The molecule has 160 valence electrons. The molecule has 4 rings (SSSR count). The van der Waals surface area contributed by atoms with E-state index < -0.39 is 12.0 Å². The number of urea groups is 1. The molecule has 1 atom stereocenters. The predicted molar refractivity (Wildman–Crippen MR) is 120 cm³/mol. The van der Waals surface area contributed by atoms with E-state index in [1.54, 1.807) is 6.92 Å². The first-order valence-electron chi connectivity index (χ1n) is 10.6. The van der Waals surface area contributed by atoms with Crippen molar-refractivity contribution in [2.75, 3.05) is 26.2 Å². The number of ether oxygens (including phenoxy) is 1. The molecule has 2 heterocycles. The summed E-state index contributed by atoms with van der Waals surface area (Å²) in [4.78, 5) is 27.5. The van der Waals surface area contributed by atoms with Gasteiger partial charge in [-0.05, 0) is 30.0 Å². The molecule has 2 aromatic carbocycles. The highest BCUT2D eigenvalue weighted by Gasteiger charge is 2.34. The van der Waals surface area contributed by atoms with Crippen molar-refractivity contribution in [1.29, 1.82) is 0 Å². The maximum Gasteiger partial charge on any atom is 0.338 e. The van der Waals surface area contributed by atoms with Crippen molar-refractivity contribution in [3.8, 4) is 0 Å². The zero-order valence-electron chi connectivity index (χ0n) is 17.6. The van der Waals surface area contributed by atoms with Gasteiger partial charge in [0.1, 0.15) is 0 Å². The van der Waals surface area contributed by atoms with Crippen LogP contribution in [-0.4, -0.2) is 43.1 Å². The topological polar surface area (TPSA) is 70.7 Å². The van der Waals surface area contributed by atoms with Crippen molar-refractivity contribution in [1.82, 2.24) is 15.5 Å². The van der Waals surface area contributed by atoms with E-state index in [2.05, 4.69) is 33.7 Å². The second-order valence-corrected chi connectivity index (χ2v) is 7.64. The lowest BCUT2D eigenvalue weighted by Gasteiger charge is -2.33. The Bertz CT molecular complexity index is 999. The maximum absolute atomic E-state index is 12.9. The molecule has 2 aromatic rings. The minimum absolute atomic E-state index is 0.276. The van der Waals surface area contributed by atoms with Gasteiger partial charge in [-0.25, -0.2) is 9.59 Å². The lowest BCUT2D eigenvalue weighted by atomic mass is 9.94. The number of hydrogen-bond acceptors (Lipinski definition) is 4. The summed E-state index contributed by atoms with van der Waals surface area (Å²) in [5.41, 5.74) is 4.49. The summed E-state index contributed by atoms with van der Waals surface area (Å²) in [5, 5.41) is 5.74. The van der Waals surface area contributed by atoms with Gasteiger partial charge >= 0.3 is 12.0 Å². The van der Waals surface area contributed by atoms with Crippen molar-refractivity contribution in [2.45, 2.75) is 19.4 Å². The number of carbonyl (C=O) groups is 2. The van der Waals surface area contributed by atoms with Gasteiger partial charge in [-0.2, -0.15) is 0 Å². The number of nitrogens with zero attached hydrogens (tertiary/aromatic N) is 1. The van der Waals surface area contributed by atoms with E-state index in [9.17, 15) is 9.59 Å². The van der Waals surface area contributed by atoms with E-state index in [4.69, 9.17) is 4.74 Å². The zero-order chi connectivity index (χ0) is 21.6. The first-order chi connectivity index (χ1) is 15.2. The number of nitrogens with one attached hydrogen (secondary N) is 2. The molecule has 0 saturated carbocycles. The summed E-state index contributed by atoms with van der Waals surface area (Å²) in [6, 6.07) is 19.0. The van der Waals surface area contributed by atoms with Crippen molar-refractivity contribution in [3.63, 3.8) is 0 Å². The number of esters is 1. The molecule has 1 unspecified atom stereocenters. The molecule has 0 radical (unpaired) electrons. The summed E-state index contributed by atoms with van der Waals surface area (Å²) in [5.74, 6) is -0.406. The minimum atomic E-state index is -0.538. The number of hydrogen-bond donors (Lipinski definition) is 2. The molecule has 0 bridgehead atoms. The molecule has 0 spiro atoms. The Kier molecular flexibility index (Phi) is 6.48. The van der Waals surface area contributed by atoms with Gasteiger partial charge in [-0.15, -0.1) is 0 Å². The first kappa shape index (κ1) is 20.9. The third-order valence-corrected chi connectivity index (χ3v) is 5.60. The van der Waals surface area contributed by atoms with Gasteiger partial charge in [0.15, 0.2) is 0 Å². The summed E-state index contributed by atoms with van der Waals surface area (Å²) in [6.07, 6.45) is 3.14. The SMILES string of the molecule is CCOC(=O)C1=C(CN2CC=C(c3ccccc3)CC2)NC(=O)NC1c1ccccc1. The van der Waals surface area contributed by atoms with Gasteiger partial charge in [0.2, 0.25) is 0 Å². The lowest BCUT2D eigenvalue weighted by molar-refractivity contribution is -0.139. The van der Waals surface area contributed by atoms with Gasteiger partial charge < -0.3 is 15.4 Å². The van der Waals surface area contributed by atoms with Crippen LogP contribution in [-0.2, 0) is 9.53 Å². The minimum Gasteiger partial charge on any atom is -0.463 e. The molecule has 0 aromatic heterocycles. The maximum atomic E-state index is 12.9. The number of amides is 2. The van der Waals surface area contributed by atoms with Gasteiger partial charge in [-0.3, -0.25) is 4.90 Å². The molecular weight excluding hydrogens is 390 g/mol. The van der Waals surface area contributed by atoms with Gasteiger partial charge in [0, 0.05) is 25.3 Å². The van der Waals surface area contributed by atoms with Crippen LogP contribution in [0.2, 0.25) is 0 Å². The summed E-state index contributed by atoms with van der Waals surface area (Å²) in [6.45, 7) is 4.13. The Hall–Kier alpha value is -3.38. The smallest absolute Gasteiger partial charge is 0.338 e. The average molecular weight is 418 g/mol. The Morgan fingerprint density at radius 1 is 1.10 bits per heavy atom. The van der Waals surface area contributed by atoms with Gasteiger partial charge in [-0.1, -0.05) is 66.7 Å². The van der Waals surface area contributed by atoms with Crippen LogP contribution >= 0.6 is 0 Å². The summed E-state index contributed by atoms with van der Waals surface area (Å²) in [7, 11) is 0. The molecule has 31 heavy (non-hydrogen) atoms. The fourth-order valence-electron chi connectivity index (χ4n) is 4.08. The highest BCUT2D eigenvalue weighted by atomic mass is 16.5. The normalized spacial score (nSPS) is 19.3. The van der Waals surface area contributed by atoms with Crippen molar-refractivity contribution < 1.29 is 14.3 Å². The van der Waals surface area contributed by atoms with Crippen LogP contribution in [0.1, 0.15) is 30.5 Å². The Labute approximate surface area is 182 Å². The summed E-state index contributed by atoms with van der Waals surface area (Å²) < 4.78 is 5.34. The van der Waals surface area contributed by atoms with E-state index in [0.717, 1.165) is 25.1 Å². The molecule has 0 aliphatic carbocycles. The van der Waals surface area contributed by atoms with E-state index in [1.807, 2.05) is 48.5 Å². The van der Waals surface area contributed by atoms with Crippen LogP contribution in [0.5, 0.6) is 0 Å². The third-order valence-electron chi connectivity index (χ3n) is 5.60. The van der Waals surface area contributed by atoms with Gasteiger partial charge in [0.05, 0.1) is 18.2 Å². The zero-order valence-corrected chi connectivity index (χ0v) is 17.6. The number of carbonyl (C=O) groups excluding carboxylic acids is 2. The second-order valence-electron chi connectivity index (χ2n) is 7.64. The number of rotatable bonds is 6. The highest BCUT2D eigenvalue weighted by molar-refractivity contribution is 5.95. The van der Waals surface area contributed by atoms with Crippen molar-refractivity contribution in [3.05, 3.63) is 89.1 Å². The van der Waals surface area contributed by atoms with Crippen LogP contribution in [0.3, 0.4) is 0 Å². The average Bonchev–Trinajstić information content (AvgIpc) is 2.80. The Morgan fingerprint density at radius 2 is 1.81 bits per heavy atom. The predicted octanol–water partition coefficient (Wildman–Crippen LogP) is 3.65. The van der Waals surface area contributed by atoms with E-state index in [-0.39, 0.29) is 12.6 Å². The molecular formula is C25H27N3O3. The highest BCUT2D eigenvalue weighted by Crippen LogP contribution is 2.29. The van der Waals surface area contributed by atoms with E-state index in [0.29, 0.717) is 17.8 Å². The van der Waals surface area contributed by atoms with Crippen LogP contribution in [0, 0.1) is 0 Å². The Balaban J connectivity index is 1.60. The molecule has 2 aliphatic rings. The third kappa shape index (κ3) is 4.86. The van der Waals surface area contributed by atoms with Crippen LogP contribution < -0.4 is 10.6 Å². The molecule has 6 heteroatoms. The second kappa shape index (κ2) is 9.62. The number of benzene rings is 2. The monoisotopic (exact) mass is 417 g/mol. The van der Waals surface area contributed by atoms with Gasteiger partial charge in [0.25, 0.3) is 0 Å². The van der Waals surface area contributed by atoms with E-state index in [1.165, 1.54) is 11.1 Å². The molecule has 0 fully saturated rings.